The second-order valence-electron chi connectivity index (χ2n) is 4.16. The molecule has 0 spiro atoms. The third-order valence-corrected chi connectivity index (χ3v) is 2.95. The van der Waals surface area contributed by atoms with Crippen LogP contribution in [0.2, 0.25) is 0 Å². The van der Waals surface area contributed by atoms with Gasteiger partial charge in [-0.1, -0.05) is 13.8 Å². The van der Waals surface area contributed by atoms with Gasteiger partial charge in [0.2, 0.25) is 0 Å². The number of benzene rings is 1. The lowest BCUT2D eigenvalue weighted by atomic mass is 10.2. The summed E-state index contributed by atoms with van der Waals surface area (Å²) in [4.78, 5) is 2.29. The molecule has 18 heavy (non-hydrogen) atoms. The van der Waals surface area contributed by atoms with Gasteiger partial charge in [-0.15, -0.1) is 0 Å². The van der Waals surface area contributed by atoms with Crippen LogP contribution in [-0.4, -0.2) is 38.2 Å². The Kier molecular flexibility index (Phi) is 6.68. The molecule has 0 saturated carbocycles. The summed E-state index contributed by atoms with van der Waals surface area (Å²) in [5.41, 5.74) is 0.858. The molecule has 0 fully saturated rings. The summed E-state index contributed by atoms with van der Waals surface area (Å²) in [6.07, 6.45) is 0. The van der Waals surface area contributed by atoms with Gasteiger partial charge in [0.1, 0.15) is 18.2 Å². The van der Waals surface area contributed by atoms with Crippen molar-refractivity contribution in [3.8, 4) is 5.75 Å². The maximum Gasteiger partial charge on any atom is 0.124 e. The topological polar surface area (TPSA) is 24.5 Å². The van der Waals surface area contributed by atoms with Gasteiger partial charge in [-0.05, 0) is 38.3 Å². The van der Waals surface area contributed by atoms with E-state index in [0.717, 1.165) is 30.9 Å². The van der Waals surface area contributed by atoms with E-state index in [4.69, 9.17) is 4.74 Å². The van der Waals surface area contributed by atoms with E-state index in [1.807, 2.05) is 7.05 Å². The fourth-order valence-electron chi connectivity index (χ4n) is 1.84. The Morgan fingerprint density at radius 1 is 1.28 bits per heavy atom. The Bertz CT molecular complexity index is 354. The van der Waals surface area contributed by atoms with E-state index in [0.29, 0.717) is 13.2 Å². The molecule has 3 nitrogen and oxygen atoms in total. The first-order valence-electron chi connectivity index (χ1n) is 6.49. The zero-order valence-electron chi connectivity index (χ0n) is 11.5. The molecular formula is C14H23FN2O. The molecule has 0 heterocycles. The monoisotopic (exact) mass is 254 g/mol. The lowest BCUT2D eigenvalue weighted by molar-refractivity contribution is 0.221. The molecule has 0 atom stereocenters. The molecule has 0 aliphatic rings. The zero-order chi connectivity index (χ0) is 13.4. The molecule has 4 heteroatoms. The van der Waals surface area contributed by atoms with Gasteiger partial charge in [-0.25, -0.2) is 4.39 Å². The summed E-state index contributed by atoms with van der Waals surface area (Å²) in [5, 5.41) is 3.02. The molecule has 0 aliphatic heterocycles. The number of ether oxygens (including phenoxy) is 1. The molecule has 0 amide bonds. The van der Waals surface area contributed by atoms with Gasteiger partial charge in [-0.3, -0.25) is 0 Å². The average Bonchev–Trinajstić information content (AvgIpc) is 2.37. The quantitative estimate of drug-likeness (QED) is 0.770. The van der Waals surface area contributed by atoms with E-state index in [-0.39, 0.29) is 5.82 Å². The molecule has 0 aliphatic carbocycles. The van der Waals surface area contributed by atoms with Crippen LogP contribution in [0.1, 0.15) is 19.4 Å². The molecule has 0 bridgehead atoms. The number of halogens is 1. The van der Waals surface area contributed by atoms with Gasteiger partial charge < -0.3 is 15.0 Å². The minimum atomic E-state index is -0.226. The highest BCUT2D eigenvalue weighted by Gasteiger charge is 2.05. The first-order chi connectivity index (χ1) is 8.71. The lowest BCUT2D eigenvalue weighted by Crippen LogP contribution is -2.28. The number of hydrogen-bond acceptors (Lipinski definition) is 3. The van der Waals surface area contributed by atoms with E-state index in [2.05, 4.69) is 24.1 Å². The fraction of sp³-hybridized carbons (Fsp3) is 0.571. The summed E-state index contributed by atoms with van der Waals surface area (Å²) in [6.45, 7) is 8.44. The van der Waals surface area contributed by atoms with Crippen LogP contribution in [0, 0.1) is 5.82 Å². The van der Waals surface area contributed by atoms with Crippen LogP contribution in [0.5, 0.6) is 5.75 Å². The maximum absolute atomic E-state index is 13.1. The van der Waals surface area contributed by atoms with Crippen LogP contribution in [0.3, 0.4) is 0 Å². The summed E-state index contributed by atoms with van der Waals surface area (Å²) < 4.78 is 18.9. The van der Waals surface area contributed by atoms with E-state index >= 15 is 0 Å². The molecule has 102 valence electrons. The minimum Gasteiger partial charge on any atom is -0.492 e. The van der Waals surface area contributed by atoms with Gasteiger partial charge >= 0.3 is 0 Å². The van der Waals surface area contributed by atoms with E-state index in [1.54, 1.807) is 6.07 Å². The minimum absolute atomic E-state index is 0.226. The first kappa shape index (κ1) is 14.9. The third-order valence-electron chi connectivity index (χ3n) is 2.95. The van der Waals surface area contributed by atoms with Gasteiger partial charge in [0, 0.05) is 18.7 Å². The van der Waals surface area contributed by atoms with Crippen molar-refractivity contribution in [3.63, 3.8) is 0 Å². The molecule has 1 aromatic rings. The standard InChI is InChI=1S/C14H23FN2O/c1-4-17(5-2)8-9-18-14-7-6-13(15)10-12(14)11-16-3/h6-7,10,16H,4-5,8-9,11H2,1-3H3. The van der Waals surface area contributed by atoms with E-state index < -0.39 is 0 Å². The SMILES string of the molecule is CCN(CC)CCOc1ccc(F)cc1CNC. The van der Waals surface area contributed by atoms with Crippen molar-refractivity contribution in [3.05, 3.63) is 29.6 Å². The second kappa shape index (κ2) is 8.06. The van der Waals surface area contributed by atoms with Crippen LogP contribution in [0.25, 0.3) is 0 Å². The first-order valence-corrected chi connectivity index (χ1v) is 6.49. The predicted octanol–water partition coefficient (Wildman–Crippen LogP) is 2.27. The van der Waals surface area contributed by atoms with Crippen molar-refractivity contribution in [1.29, 1.82) is 0 Å². The summed E-state index contributed by atoms with van der Waals surface area (Å²) in [7, 11) is 1.84. The van der Waals surface area contributed by atoms with Crippen molar-refractivity contribution >= 4 is 0 Å². The third kappa shape index (κ3) is 4.63. The normalized spacial score (nSPS) is 10.9. The molecule has 1 N–H and O–H groups in total. The average molecular weight is 254 g/mol. The number of likely N-dealkylation sites (N-methyl/N-ethyl adjacent to an activating group) is 1. The zero-order valence-corrected chi connectivity index (χ0v) is 11.5. The summed E-state index contributed by atoms with van der Waals surface area (Å²) >= 11 is 0. The largest absolute Gasteiger partial charge is 0.492 e. The van der Waals surface area contributed by atoms with Crippen molar-refractivity contribution in [1.82, 2.24) is 10.2 Å². The van der Waals surface area contributed by atoms with Crippen molar-refractivity contribution in [2.45, 2.75) is 20.4 Å². The highest BCUT2D eigenvalue weighted by atomic mass is 19.1. The van der Waals surface area contributed by atoms with Crippen LogP contribution in [0.4, 0.5) is 4.39 Å². The molecule has 0 unspecified atom stereocenters. The van der Waals surface area contributed by atoms with Gasteiger partial charge in [0.25, 0.3) is 0 Å². The number of nitrogens with zero attached hydrogens (tertiary/aromatic N) is 1. The molecule has 0 aromatic heterocycles. The molecule has 1 aromatic carbocycles. The van der Waals surface area contributed by atoms with Crippen molar-refractivity contribution < 1.29 is 9.13 Å². The molecule has 0 saturated heterocycles. The van der Waals surface area contributed by atoms with Crippen molar-refractivity contribution in [2.24, 2.45) is 0 Å². The van der Waals surface area contributed by atoms with Gasteiger partial charge in [0.05, 0.1) is 0 Å². The number of rotatable bonds is 8. The smallest absolute Gasteiger partial charge is 0.124 e. The Morgan fingerprint density at radius 3 is 2.61 bits per heavy atom. The van der Waals surface area contributed by atoms with Crippen molar-refractivity contribution in [2.75, 3.05) is 33.3 Å². The predicted molar refractivity (Wildman–Crippen MR) is 72.4 cm³/mol. The van der Waals surface area contributed by atoms with Crippen LogP contribution in [0.15, 0.2) is 18.2 Å². The molecular weight excluding hydrogens is 231 g/mol. The Labute approximate surface area is 109 Å². The van der Waals surface area contributed by atoms with E-state index in [1.165, 1.54) is 12.1 Å². The number of nitrogens with one attached hydrogen (secondary N) is 1. The van der Waals surface area contributed by atoms with Crippen LogP contribution in [-0.2, 0) is 6.54 Å². The van der Waals surface area contributed by atoms with Crippen LogP contribution >= 0.6 is 0 Å². The summed E-state index contributed by atoms with van der Waals surface area (Å²) in [5.74, 6) is 0.536. The number of hydrogen-bond donors (Lipinski definition) is 1. The Morgan fingerprint density at radius 2 is 2.00 bits per heavy atom. The summed E-state index contributed by atoms with van der Waals surface area (Å²) in [6, 6.07) is 4.65. The van der Waals surface area contributed by atoms with E-state index in [9.17, 15) is 4.39 Å². The van der Waals surface area contributed by atoms with Crippen LogP contribution < -0.4 is 10.1 Å². The Balaban J connectivity index is 2.55. The lowest BCUT2D eigenvalue weighted by Gasteiger charge is -2.19. The van der Waals surface area contributed by atoms with Gasteiger partial charge in [-0.2, -0.15) is 0 Å². The fourth-order valence-corrected chi connectivity index (χ4v) is 1.84. The molecule has 1 rings (SSSR count). The van der Waals surface area contributed by atoms with Gasteiger partial charge in [0.15, 0.2) is 0 Å². The maximum atomic E-state index is 13.1. The second-order valence-corrected chi connectivity index (χ2v) is 4.16. The highest BCUT2D eigenvalue weighted by Crippen LogP contribution is 2.19. The highest BCUT2D eigenvalue weighted by molar-refractivity contribution is 5.33. The molecule has 0 radical (unpaired) electrons. The Hall–Kier alpha value is -1.13.